The number of para-hydroxylation sites is 1. The number of fused-ring (bicyclic) bond motifs is 1. The van der Waals surface area contributed by atoms with Gasteiger partial charge in [-0.25, -0.2) is 9.97 Å². The topological polar surface area (TPSA) is 47.8 Å². The Bertz CT molecular complexity index is 798. The highest BCUT2D eigenvalue weighted by Crippen LogP contribution is 2.21. The summed E-state index contributed by atoms with van der Waals surface area (Å²) < 4.78 is 1.63. The maximum Gasteiger partial charge on any atom is 0.262 e. The molecule has 3 aromatic rings. The van der Waals surface area contributed by atoms with Crippen LogP contribution in [-0.2, 0) is 5.88 Å². The van der Waals surface area contributed by atoms with Gasteiger partial charge in [0.25, 0.3) is 5.56 Å². The van der Waals surface area contributed by atoms with Crippen molar-refractivity contribution >= 4 is 33.8 Å². The van der Waals surface area contributed by atoms with E-state index in [0.717, 1.165) is 5.01 Å². The van der Waals surface area contributed by atoms with Crippen LogP contribution < -0.4 is 5.56 Å². The lowest BCUT2D eigenvalue weighted by Gasteiger charge is -2.17. The van der Waals surface area contributed by atoms with Crippen molar-refractivity contribution in [2.24, 2.45) is 0 Å². The molecule has 2 heterocycles. The predicted octanol–water partition coefficient (Wildman–Crippen LogP) is 3.20. The fourth-order valence-electron chi connectivity index (χ4n) is 2.24. The van der Waals surface area contributed by atoms with Gasteiger partial charge in [0.2, 0.25) is 0 Å². The minimum atomic E-state index is -0.173. The van der Waals surface area contributed by atoms with Gasteiger partial charge >= 0.3 is 0 Å². The zero-order valence-electron chi connectivity index (χ0n) is 10.8. The number of nitrogens with zero attached hydrogens (tertiary/aromatic N) is 3. The third-order valence-corrected chi connectivity index (χ3v) is 4.38. The molecular weight excluding hydrogens is 294 g/mol. The van der Waals surface area contributed by atoms with E-state index in [0.29, 0.717) is 16.7 Å². The van der Waals surface area contributed by atoms with Crippen LogP contribution in [0.3, 0.4) is 0 Å². The molecule has 0 aliphatic rings. The van der Waals surface area contributed by atoms with Gasteiger partial charge in [-0.2, -0.15) is 0 Å². The Balaban J connectivity index is 2.28. The molecular formula is C14H12ClN3OS. The Morgan fingerprint density at radius 3 is 2.90 bits per heavy atom. The first-order valence-corrected chi connectivity index (χ1v) is 7.59. The molecule has 0 fully saturated rings. The summed E-state index contributed by atoms with van der Waals surface area (Å²) in [7, 11) is 0. The Kier molecular flexibility index (Phi) is 3.54. The normalized spacial score (nSPS) is 12.7. The highest BCUT2D eigenvalue weighted by atomic mass is 35.5. The van der Waals surface area contributed by atoms with Crippen molar-refractivity contribution in [1.82, 2.24) is 14.5 Å². The number of aromatic nitrogens is 3. The lowest BCUT2D eigenvalue weighted by atomic mass is 10.2. The highest BCUT2D eigenvalue weighted by molar-refractivity contribution is 7.09. The number of halogens is 1. The molecule has 102 valence electrons. The van der Waals surface area contributed by atoms with Crippen molar-refractivity contribution in [3.05, 3.63) is 57.0 Å². The number of thiazole rings is 1. The molecule has 20 heavy (non-hydrogen) atoms. The molecule has 0 N–H and O–H groups in total. The van der Waals surface area contributed by atoms with Gasteiger partial charge in [-0.15, -0.1) is 22.9 Å². The molecule has 6 heteroatoms. The van der Waals surface area contributed by atoms with E-state index in [1.54, 1.807) is 16.8 Å². The fraction of sp³-hybridized carbons (Fsp3) is 0.214. The summed E-state index contributed by atoms with van der Waals surface area (Å²) >= 11 is 7.49. The van der Waals surface area contributed by atoms with Gasteiger partial charge in [0.15, 0.2) is 0 Å². The zero-order valence-corrected chi connectivity index (χ0v) is 12.4. The Labute approximate surface area is 124 Å². The van der Waals surface area contributed by atoms with Crippen LogP contribution in [0.1, 0.15) is 23.8 Å². The second kappa shape index (κ2) is 5.34. The lowest BCUT2D eigenvalue weighted by Crippen LogP contribution is -2.28. The van der Waals surface area contributed by atoms with Crippen molar-refractivity contribution in [2.45, 2.75) is 18.8 Å². The highest BCUT2D eigenvalue weighted by Gasteiger charge is 2.18. The van der Waals surface area contributed by atoms with Crippen LogP contribution >= 0.6 is 22.9 Å². The third-order valence-electron chi connectivity index (χ3n) is 3.20. The first-order valence-electron chi connectivity index (χ1n) is 6.18. The van der Waals surface area contributed by atoms with Crippen molar-refractivity contribution < 1.29 is 0 Å². The molecule has 0 saturated carbocycles. The van der Waals surface area contributed by atoms with Gasteiger partial charge in [-0.05, 0) is 19.1 Å². The molecule has 0 amide bonds. The second-order valence-corrected chi connectivity index (χ2v) is 5.59. The average molecular weight is 306 g/mol. The molecule has 3 rings (SSSR count). The number of rotatable bonds is 3. The number of alkyl halides is 1. The smallest absolute Gasteiger partial charge is 0.262 e. The largest absolute Gasteiger partial charge is 0.285 e. The van der Waals surface area contributed by atoms with Crippen LogP contribution in [-0.4, -0.2) is 14.5 Å². The predicted molar refractivity (Wildman–Crippen MR) is 81.5 cm³/mol. The number of hydrogen-bond donors (Lipinski definition) is 0. The first kappa shape index (κ1) is 13.3. The summed E-state index contributed by atoms with van der Waals surface area (Å²) in [6.07, 6.45) is 1.73. The molecule has 0 saturated heterocycles. The first-order chi connectivity index (χ1) is 9.72. The maximum atomic E-state index is 12.7. The van der Waals surface area contributed by atoms with Gasteiger partial charge < -0.3 is 0 Å². The van der Waals surface area contributed by atoms with Crippen molar-refractivity contribution in [1.29, 1.82) is 0 Å². The molecule has 4 nitrogen and oxygen atoms in total. The van der Waals surface area contributed by atoms with Crippen molar-refractivity contribution in [3.63, 3.8) is 0 Å². The molecule has 1 unspecified atom stereocenters. The summed E-state index contributed by atoms with van der Waals surface area (Å²) in [5.41, 5.74) is 0.602. The number of hydrogen-bond acceptors (Lipinski definition) is 4. The Hall–Kier alpha value is -1.72. The Morgan fingerprint density at radius 1 is 1.40 bits per heavy atom. The van der Waals surface area contributed by atoms with Crippen molar-refractivity contribution in [2.75, 3.05) is 0 Å². The van der Waals surface area contributed by atoms with Crippen LogP contribution in [0.15, 0.2) is 40.6 Å². The molecule has 1 aromatic carbocycles. The SMILES string of the molecule is CC(c1nccs1)n1c(CCl)nc2ccccc2c1=O. The van der Waals surface area contributed by atoms with E-state index in [2.05, 4.69) is 9.97 Å². The van der Waals surface area contributed by atoms with E-state index in [-0.39, 0.29) is 17.5 Å². The summed E-state index contributed by atoms with van der Waals surface area (Å²) in [5, 5.41) is 3.37. The maximum absolute atomic E-state index is 12.7. The van der Waals surface area contributed by atoms with E-state index in [1.807, 2.05) is 30.5 Å². The van der Waals surface area contributed by atoms with E-state index < -0.39 is 0 Å². The van der Waals surface area contributed by atoms with E-state index in [1.165, 1.54) is 11.3 Å². The van der Waals surface area contributed by atoms with Gasteiger partial charge in [-0.1, -0.05) is 12.1 Å². The van der Waals surface area contributed by atoms with E-state index >= 15 is 0 Å². The van der Waals surface area contributed by atoms with E-state index in [4.69, 9.17) is 11.6 Å². The van der Waals surface area contributed by atoms with Crippen LogP contribution in [0.4, 0.5) is 0 Å². The molecule has 0 radical (unpaired) electrons. The second-order valence-electron chi connectivity index (χ2n) is 4.40. The summed E-state index contributed by atoms with van der Waals surface area (Å²) in [4.78, 5) is 21.5. The molecule has 0 bridgehead atoms. The third kappa shape index (κ3) is 2.13. The van der Waals surface area contributed by atoms with Crippen LogP contribution in [0.25, 0.3) is 10.9 Å². The van der Waals surface area contributed by atoms with Crippen LogP contribution in [0.5, 0.6) is 0 Å². The summed E-state index contributed by atoms with van der Waals surface area (Å²) in [6, 6.07) is 7.14. The van der Waals surface area contributed by atoms with Gasteiger partial charge in [-0.3, -0.25) is 9.36 Å². The van der Waals surface area contributed by atoms with Crippen molar-refractivity contribution in [3.8, 4) is 0 Å². The quantitative estimate of drug-likeness (QED) is 0.698. The van der Waals surface area contributed by atoms with Gasteiger partial charge in [0.1, 0.15) is 10.8 Å². The zero-order chi connectivity index (χ0) is 14.1. The monoisotopic (exact) mass is 305 g/mol. The summed E-state index contributed by atoms with van der Waals surface area (Å²) in [6.45, 7) is 1.94. The molecule has 0 aliphatic carbocycles. The lowest BCUT2D eigenvalue weighted by molar-refractivity contribution is 0.581. The molecule has 0 aliphatic heterocycles. The minimum Gasteiger partial charge on any atom is -0.285 e. The standard InChI is InChI=1S/C14H12ClN3OS/c1-9(13-16-6-7-20-13)18-12(8-15)17-11-5-3-2-4-10(11)14(18)19/h2-7,9H,8H2,1H3. The molecule has 2 aromatic heterocycles. The Morgan fingerprint density at radius 2 is 2.20 bits per heavy atom. The minimum absolute atomic E-state index is 0.0750. The van der Waals surface area contributed by atoms with Gasteiger partial charge in [0.05, 0.1) is 22.8 Å². The molecule has 1 atom stereocenters. The summed E-state index contributed by atoms with van der Waals surface area (Å²) in [5.74, 6) is 0.758. The van der Waals surface area contributed by atoms with Crippen LogP contribution in [0.2, 0.25) is 0 Å². The number of benzene rings is 1. The average Bonchev–Trinajstić information content (AvgIpc) is 3.00. The fourth-order valence-corrected chi connectivity index (χ4v) is 3.11. The van der Waals surface area contributed by atoms with Gasteiger partial charge in [0, 0.05) is 11.6 Å². The van der Waals surface area contributed by atoms with Crippen LogP contribution in [0, 0.1) is 0 Å². The molecule has 0 spiro atoms. The van der Waals surface area contributed by atoms with E-state index in [9.17, 15) is 4.79 Å².